The number of aromatic nitrogens is 5. The van der Waals surface area contributed by atoms with Crippen molar-refractivity contribution in [1.82, 2.24) is 25.2 Å². The van der Waals surface area contributed by atoms with E-state index in [1.165, 1.54) is 4.80 Å². The molecule has 3 rings (SSSR count). The standard InChI is InChI=1S/C14H13N7/c15-13(16)12-11(7-4-8-17-12)9-21-19-14(18-20-21)10-5-2-1-3-6-10/h1-8H,9H2,(H3,15,16). The molecule has 0 saturated carbocycles. The van der Waals surface area contributed by atoms with Crippen molar-refractivity contribution in [3.8, 4) is 11.4 Å². The number of nitrogens with one attached hydrogen (secondary N) is 1. The Morgan fingerprint density at radius 2 is 1.95 bits per heavy atom. The van der Waals surface area contributed by atoms with Gasteiger partial charge in [0.1, 0.15) is 11.5 Å². The van der Waals surface area contributed by atoms with Crippen LogP contribution in [0.5, 0.6) is 0 Å². The molecule has 0 saturated heterocycles. The molecule has 0 aliphatic carbocycles. The van der Waals surface area contributed by atoms with E-state index in [1.54, 1.807) is 12.3 Å². The van der Waals surface area contributed by atoms with Crippen LogP contribution in [-0.2, 0) is 6.54 Å². The van der Waals surface area contributed by atoms with Crippen molar-refractivity contribution in [3.05, 3.63) is 59.9 Å². The predicted molar refractivity (Wildman–Crippen MR) is 77.6 cm³/mol. The van der Waals surface area contributed by atoms with Gasteiger partial charge in [0.15, 0.2) is 0 Å². The summed E-state index contributed by atoms with van der Waals surface area (Å²) in [6, 6.07) is 13.3. The normalized spacial score (nSPS) is 10.5. The number of rotatable bonds is 4. The van der Waals surface area contributed by atoms with Crippen molar-refractivity contribution in [1.29, 1.82) is 5.41 Å². The van der Waals surface area contributed by atoms with Gasteiger partial charge in [-0.25, -0.2) is 0 Å². The Labute approximate surface area is 121 Å². The number of hydrogen-bond donors (Lipinski definition) is 2. The number of nitrogens with zero attached hydrogens (tertiary/aromatic N) is 5. The summed E-state index contributed by atoms with van der Waals surface area (Å²) in [7, 11) is 0. The fourth-order valence-corrected chi connectivity index (χ4v) is 1.97. The Hall–Kier alpha value is -3.09. The third-order valence-corrected chi connectivity index (χ3v) is 2.94. The van der Waals surface area contributed by atoms with E-state index >= 15 is 0 Å². The molecule has 0 aliphatic rings. The summed E-state index contributed by atoms with van der Waals surface area (Å²) < 4.78 is 0. The maximum Gasteiger partial charge on any atom is 0.204 e. The van der Waals surface area contributed by atoms with Crippen LogP contribution in [-0.4, -0.2) is 31.0 Å². The summed E-state index contributed by atoms with van der Waals surface area (Å²) in [6.45, 7) is 0.364. The van der Waals surface area contributed by atoms with Gasteiger partial charge >= 0.3 is 0 Å². The van der Waals surface area contributed by atoms with Gasteiger partial charge in [0.25, 0.3) is 0 Å². The minimum atomic E-state index is -0.0750. The molecule has 104 valence electrons. The molecule has 7 nitrogen and oxygen atoms in total. The van der Waals surface area contributed by atoms with E-state index in [4.69, 9.17) is 11.1 Å². The molecule has 0 atom stereocenters. The fourth-order valence-electron chi connectivity index (χ4n) is 1.97. The van der Waals surface area contributed by atoms with Gasteiger partial charge in [-0.05, 0) is 11.3 Å². The molecule has 21 heavy (non-hydrogen) atoms. The monoisotopic (exact) mass is 279 g/mol. The first-order valence-electron chi connectivity index (χ1n) is 6.35. The summed E-state index contributed by atoms with van der Waals surface area (Å²) in [5.41, 5.74) is 7.64. The second-order valence-electron chi connectivity index (χ2n) is 4.43. The smallest absolute Gasteiger partial charge is 0.204 e. The number of pyridine rings is 1. The second kappa shape index (κ2) is 5.49. The molecule has 0 spiro atoms. The Bertz CT molecular complexity index is 764. The number of amidine groups is 1. The molecule has 7 heteroatoms. The van der Waals surface area contributed by atoms with Crippen LogP contribution in [0, 0.1) is 5.41 Å². The van der Waals surface area contributed by atoms with E-state index in [0.29, 0.717) is 18.1 Å². The first kappa shape index (κ1) is 12.9. The van der Waals surface area contributed by atoms with E-state index in [-0.39, 0.29) is 5.84 Å². The Balaban J connectivity index is 1.87. The summed E-state index contributed by atoms with van der Waals surface area (Å²) in [4.78, 5) is 5.56. The van der Waals surface area contributed by atoms with Gasteiger partial charge in [-0.1, -0.05) is 36.4 Å². The lowest BCUT2D eigenvalue weighted by molar-refractivity contribution is 0.571. The largest absolute Gasteiger partial charge is 0.382 e. The zero-order chi connectivity index (χ0) is 14.7. The highest BCUT2D eigenvalue weighted by molar-refractivity contribution is 5.94. The highest BCUT2D eigenvalue weighted by Gasteiger charge is 2.10. The van der Waals surface area contributed by atoms with Crippen LogP contribution in [0.3, 0.4) is 0 Å². The summed E-state index contributed by atoms with van der Waals surface area (Å²) >= 11 is 0. The van der Waals surface area contributed by atoms with E-state index in [9.17, 15) is 0 Å². The van der Waals surface area contributed by atoms with Gasteiger partial charge in [0, 0.05) is 17.3 Å². The minimum Gasteiger partial charge on any atom is -0.382 e. The molecule has 0 aliphatic heterocycles. The molecular formula is C14H13N7. The lowest BCUT2D eigenvalue weighted by atomic mass is 10.2. The highest BCUT2D eigenvalue weighted by Crippen LogP contribution is 2.13. The van der Waals surface area contributed by atoms with Gasteiger partial charge < -0.3 is 5.73 Å². The van der Waals surface area contributed by atoms with Crippen molar-refractivity contribution in [2.24, 2.45) is 5.73 Å². The molecule has 0 fully saturated rings. The summed E-state index contributed by atoms with van der Waals surface area (Å²) in [6.07, 6.45) is 1.60. The van der Waals surface area contributed by atoms with Gasteiger partial charge in [0.05, 0.1) is 6.54 Å². The van der Waals surface area contributed by atoms with E-state index in [2.05, 4.69) is 20.4 Å². The second-order valence-corrected chi connectivity index (χ2v) is 4.43. The molecule has 0 bridgehead atoms. The van der Waals surface area contributed by atoms with Crippen molar-refractivity contribution in [3.63, 3.8) is 0 Å². The zero-order valence-corrected chi connectivity index (χ0v) is 11.1. The molecular weight excluding hydrogens is 266 g/mol. The Kier molecular flexibility index (Phi) is 3.38. The highest BCUT2D eigenvalue weighted by atomic mass is 15.6. The van der Waals surface area contributed by atoms with Crippen LogP contribution in [0.2, 0.25) is 0 Å². The molecule has 2 heterocycles. The minimum absolute atomic E-state index is 0.0750. The average Bonchev–Trinajstić information content (AvgIpc) is 2.97. The quantitative estimate of drug-likeness (QED) is 0.548. The predicted octanol–water partition coefficient (Wildman–Crippen LogP) is 1.07. The lowest BCUT2D eigenvalue weighted by Crippen LogP contribution is -2.17. The number of hydrogen-bond acceptors (Lipinski definition) is 5. The van der Waals surface area contributed by atoms with Crippen molar-refractivity contribution in [2.45, 2.75) is 6.54 Å². The van der Waals surface area contributed by atoms with E-state index in [0.717, 1.165) is 11.1 Å². The van der Waals surface area contributed by atoms with Crippen LogP contribution in [0.15, 0.2) is 48.7 Å². The van der Waals surface area contributed by atoms with Crippen LogP contribution < -0.4 is 5.73 Å². The summed E-state index contributed by atoms with van der Waals surface area (Å²) in [5.74, 6) is 0.484. The van der Waals surface area contributed by atoms with E-state index < -0.39 is 0 Å². The van der Waals surface area contributed by atoms with E-state index in [1.807, 2.05) is 36.4 Å². The Morgan fingerprint density at radius 1 is 1.14 bits per heavy atom. The number of tetrazole rings is 1. The molecule has 3 aromatic rings. The van der Waals surface area contributed by atoms with Crippen molar-refractivity contribution in [2.75, 3.05) is 0 Å². The van der Waals surface area contributed by atoms with Crippen LogP contribution in [0.25, 0.3) is 11.4 Å². The molecule has 3 N–H and O–H groups in total. The van der Waals surface area contributed by atoms with Crippen LogP contribution >= 0.6 is 0 Å². The first-order chi connectivity index (χ1) is 10.2. The number of nitrogens with two attached hydrogens (primary N) is 1. The first-order valence-corrected chi connectivity index (χ1v) is 6.35. The maximum absolute atomic E-state index is 7.53. The third kappa shape index (κ3) is 2.76. The molecule has 2 aromatic heterocycles. The SMILES string of the molecule is N=C(N)c1ncccc1Cn1nnc(-c2ccccc2)n1. The lowest BCUT2D eigenvalue weighted by Gasteiger charge is -2.05. The van der Waals surface area contributed by atoms with Crippen molar-refractivity contribution < 1.29 is 0 Å². The molecule has 1 aromatic carbocycles. The van der Waals surface area contributed by atoms with Gasteiger partial charge in [-0.2, -0.15) is 4.80 Å². The topological polar surface area (TPSA) is 106 Å². The fraction of sp³-hybridized carbons (Fsp3) is 0.0714. The number of nitrogen functional groups attached to an aromatic ring is 1. The van der Waals surface area contributed by atoms with Gasteiger partial charge in [-0.3, -0.25) is 10.4 Å². The average molecular weight is 279 g/mol. The van der Waals surface area contributed by atoms with Crippen molar-refractivity contribution >= 4 is 5.84 Å². The molecule has 0 amide bonds. The maximum atomic E-state index is 7.53. The zero-order valence-electron chi connectivity index (χ0n) is 11.1. The Morgan fingerprint density at radius 3 is 2.71 bits per heavy atom. The molecule has 0 unspecified atom stereocenters. The number of benzene rings is 1. The van der Waals surface area contributed by atoms with Gasteiger partial charge in [0.2, 0.25) is 5.82 Å². The third-order valence-electron chi connectivity index (χ3n) is 2.94. The van der Waals surface area contributed by atoms with Crippen LogP contribution in [0.1, 0.15) is 11.3 Å². The van der Waals surface area contributed by atoms with Crippen LogP contribution in [0.4, 0.5) is 0 Å². The molecule has 0 radical (unpaired) electrons. The summed E-state index contributed by atoms with van der Waals surface area (Å²) in [5, 5.41) is 19.9. The van der Waals surface area contributed by atoms with Gasteiger partial charge in [-0.15, -0.1) is 10.2 Å².